The molecule has 0 saturated carbocycles. The zero-order chi connectivity index (χ0) is 14.7. The van der Waals surface area contributed by atoms with E-state index in [1.54, 1.807) is 0 Å². The Morgan fingerprint density at radius 3 is 3.10 bits per heavy atom. The summed E-state index contributed by atoms with van der Waals surface area (Å²) < 4.78 is 8.42. The van der Waals surface area contributed by atoms with Gasteiger partial charge in [0, 0.05) is 13.2 Å². The first kappa shape index (κ1) is 14.4. The molecule has 1 aliphatic rings. The van der Waals surface area contributed by atoms with Gasteiger partial charge in [-0.25, -0.2) is 4.79 Å². The lowest BCUT2D eigenvalue weighted by Crippen LogP contribution is -2.37. The molecule has 2 aromatic heterocycles. The number of nitrogens with zero attached hydrogens (tertiary/aromatic N) is 5. The van der Waals surface area contributed by atoms with Crippen LogP contribution >= 0.6 is 11.3 Å². The maximum Gasteiger partial charge on any atom is 0.370 e. The molecule has 1 fully saturated rings. The van der Waals surface area contributed by atoms with Crippen molar-refractivity contribution in [2.45, 2.75) is 32.0 Å². The second-order valence-corrected chi connectivity index (χ2v) is 6.22. The molecule has 0 N–H and O–H groups in total. The third-order valence-corrected chi connectivity index (χ3v) is 4.36. The molecule has 8 heteroatoms. The standard InChI is InChI=1S/C13H19N5O2S/c1-16(9-11-5-2-3-7-20-11)10-17-13(19)18(15-14-17)12-6-4-8-21-12/h4,6,8,11H,2-3,5,7,9-10H2,1H3/t11-/m1/s1. The molecule has 0 amide bonds. The van der Waals surface area contributed by atoms with Gasteiger partial charge in [0.1, 0.15) is 11.7 Å². The maximum absolute atomic E-state index is 12.2. The Kier molecular flexibility index (Phi) is 4.47. The molecular formula is C13H19N5O2S. The number of hydrogen-bond acceptors (Lipinski definition) is 6. The summed E-state index contributed by atoms with van der Waals surface area (Å²) in [4.78, 5) is 14.3. The highest BCUT2D eigenvalue weighted by Crippen LogP contribution is 2.13. The topological polar surface area (TPSA) is 65.2 Å². The number of rotatable bonds is 5. The van der Waals surface area contributed by atoms with Gasteiger partial charge in [-0.1, -0.05) is 0 Å². The Hall–Kier alpha value is -1.51. The number of aromatic nitrogens is 4. The van der Waals surface area contributed by atoms with Gasteiger partial charge in [0.25, 0.3) is 0 Å². The van der Waals surface area contributed by atoms with E-state index in [1.165, 1.54) is 27.1 Å². The Balaban J connectivity index is 1.63. The van der Waals surface area contributed by atoms with Gasteiger partial charge in [-0.05, 0) is 54.2 Å². The van der Waals surface area contributed by atoms with Crippen molar-refractivity contribution in [3.8, 4) is 5.00 Å². The summed E-state index contributed by atoms with van der Waals surface area (Å²) in [5, 5.41) is 10.6. The van der Waals surface area contributed by atoms with Crippen LogP contribution in [-0.4, -0.2) is 51.0 Å². The van der Waals surface area contributed by atoms with E-state index in [1.807, 2.05) is 29.5 Å². The fourth-order valence-electron chi connectivity index (χ4n) is 2.48. The zero-order valence-corrected chi connectivity index (χ0v) is 12.8. The molecule has 0 bridgehead atoms. The van der Waals surface area contributed by atoms with Crippen molar-refractivity contribution in [3.05, 3.63) is 28.0 Å². The third-order valence-electron chi connectivity index (χ3n) is 3.52. The summed E-state index contributed by atoms with van der Waals surface area (Å²) in [5.41, 5.74) is -0.214. The molecule has 0 aliphatic carbocycles. The molecule has 114 valence electrons. The predicted molar refractivity (Wildman–Crippen MR) is 79.7 cm³/mol. The Morgan fingerprint density at radius 1 is 1.48 bits per heavy atom. The number of thiophene rings is 1. The van der Waals surface area contributed by atoms with Crippen molar-refractivity contribution in [3.63, 3.8) is 0 Å². The summed E-state index contributed by atoms with van der Waals surface area (Å²) in [7, 11) is 1.97. The third kappa shape index (κ3) is 3.39. The van der Waals surface area contributed by atoms with Crippen LogP contribution in [0.1, 0.15) is 19.3 Å². The van der Waals surface area contributed by atoms with Crippen molar-refractivity contribution in [2.24, 2.45) is 0 Å². The SMILES string of the molecule is CN(C[C@H]1CCCCO1)Cn1nnn(-c2cccs2)c1=O. The van der Waals surface area contributed by atoms with Crippen LogP contribution in [0.3, 0.4) is 0 Å². The number of likely N-dealkylation sites (N-methyl/N-ethyl adjacent to an activating group) is 1. The van der Waals surface area contributed by atoms with E-state index in [0.29, 0.717) is 6.67 Å². The highest BCUT2D eigenvalue weighted by atomic mass is 32.1. The van der Waals surface area contributed by atoms with Crippen molar-refractivity contribution >= 4 is 11.3 Å². The zero-order valence-electron chi connectivity index (χ0n) is 12.0. The van der Waals surface area contributed by atoms with Crippen molar-refractivity contribution < 1.29 is 4.74 Å². The van der Waals surface area contributed by atoms with Crippen LogP contribution in [0.4, 0.5) is 0 Å². The number of hydrogen-bond donors (Lipinski definition) is 0. The van der Waals surface area contributed by atoms with E-state index in [-0.39, 0.29) is 11.8 Å². The van der Waals surface area contributed by atoms with Crippen LogP contribution in [0.25, 0.3) is 5.00 Å². The van der Waals surface area contributed by atoms with Crippen molar-refractivity contribution in [1.29, 1.82) is 0 Å². The average Bonchev–Trinajstić information content (AvgIpc) is 3.11. The lowest BCUT2D eigenvalue weighted by Gasteiger charge is -2.26. The van der Waals surface area contributed by atoms with E-state index in [2.05, 4.69) is 10.4 Å². The molecular weight excluding hydrogens is 290 g/mol. The van der Waals surface area contributed by atoms with Crippen molar-refractivity contribution in [2.75, 3.05) is 20.2 Å². The van der Waals surface area contributed by atoms with Crippen LogP contribution in [-0.2, 0) is 11.4 Å². The molecule has 1 atom stereocenters. The smallest absolute Gasteiger partial charge is 0.370 e. The number of tetrazole rings is 1. The van der Waals surface area contributed by atoms with Gasteiger partial charge in [-0.15, -0.1) is 11.3 Å². The average molecular weight is 309 g/mol. The second kappa shape index (κ2) is 6.50. The summed E-state index contributed by atoms with van der Waals surface area (Å²) >= 11 is 1.46. The summed E-state index contributed by atoms with van der Waals surface area (Å²) in [6.07, 6.45) is 3.70. The Bertz CT molecular complexity index is 615. The highest BCUT2D eigenvalue weighted by molar-refractivity contribution is 7.12. The van der Waals surface area contributed by atoms with Crippen LogP contribution in [0, 0.1) is 0 Å². The van der Waals surface area contributed by atoms with Gasteiger partial charge in [0.2, 0.25) is 0 Å². The molecule has 0 unspecified atom stereocenters. The van der Waals surface area contributed by atoms with Crippen molar-refractivity contribution in [1.82, 2.24) is 24.7 Å². The normalized spacial score (nSPS) is 19.2. The van der Waals surface area contributed by atoms with Gasteiger partial charge in [0.05, 0.1) is 6.10 Å². The molecule has 3 heterocycles. The van der Waals surface area contributed by atoms with Gasteiger partial charge in [0.15, 0.2) is 0 Å². The molecule has 1 saturated heterocycles. The van der Waals surface area contributed by atoms with Gasteiger partial charge >= 0.3 is 5.69 Å². The van der Waals surface area contributed by atoms with Crippen LogP contribution in [0.2, 0.25) is 0 Å². The van der Waals surface area contributed by atoms with E-state index >= 15 is 0 Å². The molecule has 1 aliphatic heterocycles. The van der Waals surface area contributed by atoms with Gasteiger partial charge < -0.3 is 4.74 Å². The predicted octanol–water partition coefficient (Wildman–Crippen LogP) is 0.949. The molecule has 0 spiro atoms. The molecule has 0 aromatic carbocycles. The summed E-state index contributed by atoms with van der Waals surface area (Å²) in [5.74, 6) is 0. The van der Waals surface area contributed by atoms with E-state index in [4.69, 9.17) is 4.74 Å². The van der Waals surface area contributed by atoms with E-state index < -0.39 is 0 Å². The van der Waals surface area contributed by atoms with E-state index in [9.17, 15) is 4.79 Å². The molecule has 21 heavy (non-hydrogen) atoms. The van der Waals surface area contributed by atoms with Crippen LogP contribution in [0.15, 0.2) is 22.3 Å². The fourth-order valence-corrected chi connectivity index (χ4v) is 3.15. The lowest BCUT2D eigenvalue weighted by molar-refractivity contribution is -0.00685. The lowest BCUT2D eigenvalue weighted by atomic mass is 10.1. The quantitative estimate of drug-likeness (QED) is 0.823. The van der Waals surface area contributed by atoms with Crippen LogP contribution < -0.4 is 5.69 Å². The monoisotopic (exact) mass is 309 g/mol. The Labute approximate surface area is 126 Å². The molecule has 3 rings (SSSR count). The first-order valence-corrected chi connectivity index (χ1v) is 7.99. The van der Waals surface area contributed by atoms with E-state index in [0.717, 1.165) is 31.0 Å². The van der Waals surface area contributed by atoms with Crippen LogP contribution in [0.5, 0.6) is 0 Å². The maximum atomic E-state index is 12.2. The highest BCUT2D eigenvalue weighted by Gasteiger charge is 2.17. The van der Waals surface area contributed by atoms with Gasteiger partial charge in [-0.2, -0.15) is 9.36 Å². The molecule has 0 radical (unpaired) electrons. The minimum atomic E-state index is -0.214. The first-order valence-electron chi connectivity index (χ1n) is 7.11. The largest absolute Gasteiger partial charge is 0.377 e. The minimum Gasteiger partial charge on any atom is -0.377 e. The minimum absolute atomic E-state index is 0.214. The number of ether oxygens (including phenoxy) is 1. The molecule has 2 aromatic rings. The Morgan fingerprint density at radius 2 is 2.38 bits per heavy atom. The van der Waals surface area contributed by atoms with Gasteiger partial charge in [-0.3, -0.25) is 4.90 Å². The summed E-state index contributed by atoms with van der Waals surface area (Å²) in [6.45, 7) is 2.06. The second-order valence-electron chi connectivity index (χ2n) is 5.29. The fraction of sp³-hybridized carbons (Fsp3) is 0.615. The summed E-state index contributed by atoms with van der Waals surface area (Å²) in [6, 6.07) is 3.74. The molecule has 7 nitrogen and oxygen atoms in total. The first-order chi connectivity index (χ1) is 10.2.